The Bertz CT molecular complexity index is 683. The van der Waals surface area contributed by atoms with Gasteiger partial charge in [-0.3, -0.25) is 15.0 Å². The highest BCUT2D eigenvalue weighted by molar-refractivity contribution is 5.77. The summed E-state index contributed by atoms with van der Waals surface area (Å²) in [4.78, 5) is 20.2. The van der Waals surface area contributed by atoms with Crippen molar-refractivity contribution in [3.8, 4) is 0 Å². The number of non-ortho nitro benzene ring substituents is 1. The number of nitro benzene ring substituents is 1. The molecule has 9 heteroatoms. The third-order valence-corrected chi connectivity index (χ3v) is 4.05. The number of H-pyrrole nitrogens is 1. The van der Waals surface area contributed by atoms with E-state index in [1.54, 1.807) is 6.07 Å². The maximum absolute atomic E-state index is 10.7. The molecule has 4 rings (SSSR count). The first-order valence-corrected chi connectivity index (χ1v) is 8.44. The number of nitrogens with zero attached hydrogens (tertiary/aromatic N) is 3. The molecule has 0 unspecified atom stereocenters. The molecule has 3 heterocycles. The van der Waals surface area contributed by atoms with Crippen LogP contribution in [0.15, 0.2) is 18.2 Å². The van der Waals surface area contributed by atoms with Crippen molar-refractivity contribution >= 4 is 16.7 Å². The number of hydrogen-bond donors (Lipinski definition) is 2. The number of nitrogens with one attached hydrogen (secondary N) is 2. The van der Waals surface area contributed by atoms with Gasteiger partial charge in [0.2, 0.25) is 0 Å². The van der Waals surface area contributed by atoms with Crippen molar-refractivity contribution in [1.82, 2.24) is 20.2 Å². The lowest BCUT2D eigenvalue weighted by Crippen LogP contribution is -2.35. The molecule has 2 fully saturated rings. The average molecular weight is 349 g/mol. The molecule has 2 aliphatic heterocycles. The van der Waals surface area contributed by atoms with Gasteiger partial charge >= 0.3 is 0 Å². The molecule has 2 aliphatic rings. The van der Waals surface area contributed by atoms with Crippen LogP contribution < -0.4 is 5.32 Å². The fraction of sp³-hybridized carbons (Fsp3) is 0.562. The van der Waals surface area contributed by atoms with E-state index in [2.05, 4.69) is 20.2 Å². The predicted molar refractivity (Wildman–Crippen MR) is 92.5 cm³/mol. The van der Waals surface area contributed by atoms with Crippen LogP contribution in [0.3, 0.4) is 0 Å². The van der Waals surface area contributed by atoms with Crippen molar-refractivity contribution < 1.29 is 14.4 Å². The number of imidazole rings is 1. The van der Waals surface area contributed by atoms with Gasteiger partial charge in [-0.05, 0) is 6.07 Å². The number of fused-ring (bicyclic) bond motifs is 1. The van der Waals surface area contributed by atoms with E-state index in [9.17, 15) is 10.1 Å². The summed E-state index contributed by atoms with van der Waals surface area (Å²) in [5, 5.41) is 13.9. The molecule has 0 atom stereocenters. The summed E-state index contributed by atoms with van der Waals surface area (Å²) in [5.74, 6) is 0.831. The molecule has 0 bridgehead atoms. The molecule has 2 aromatic rings. The minimum Gasteiger partial charge on any atom is -0.379 e. The monoisotopic (exact) mass is 349 g/mol. The molecular formula is C16H23N5O4. The number of rotatable bonds is 3. The first kappa shape index (κ1) is 17.7. The molecule has 0 amide bonds. The Kier molecular flexibility index (Phi) is 6.29. The second-order valence-corrected chi connectivity index (χ2v) is 5.89. The van der Waals surface area contributed by atoms with Gasteiger partial charge in [0, 0.05) is 38.3 Å². The minimum absolute atomic E-state index is 0.0666. The van der Waals surface area contributed by atoms with Crippen LogP contribution in [0.2, 0.25) is 0 Å². The number of morpholine rings is 2. The fourth-order valence-corrected chi connectivity index (χ4v) is 2.72. The normalized spacial score (nSPS) is 18.6. The van der Waals surface area contributed by atoms with Gasteiger partial charge in [-0.1, -0.05) is 0 Å². The fourth-order valence-electron chi connectivity index (χ4n) is 2.72. The molecule has 0 radical (unpaired) electrons. The molecule has 0 spiro atoms. The minimum atomic E-state index is -0.407. The smallest absolute Gasteiger partial charge is 0.271 e. The van der Waals surface area contributed by atoms with Crippen molar-refractivity contribution in [1.29, 1.82) is 0 Å². The Hall–Kier alpha value is -2.07. The zero-order valence-corrected chi connectivity index (χ0v) is 14.1. The standard InChI is InChI=1S/C12H14N4O3.C4H9NO/c17-16(18)9-1-2-10-11(7-9)14-12(13-10)8-15-3-5-19-6-4-15;1-3-6-4-2-5-1/h1-2,7H,3-6,8H2,(H,13,14);5H,1-4H2. The lowest BCUT2D eigenvalue weighted by atomic mass is 10.3. The number of nitro groups is 1. The van der Waals surface area contributed by atoms with Crippen molar-refractivity contribution in [2.75, 3.05) is 52.6 Å². The van der Waals surface area contributed by atoms with E-state index in [-0.39, 0.29) is 5.69 Å². The van der Waals surface area contributed by atoms with E-state index in [4.69, 9.17) is 9.47 Å². The topological polar surface area (TPSA) is 106 Å². The Balaban J connectivity index is 0.000000258. The highest BCUT2D eigenvalue weighted by Crippen LogP contribution is 2.19. The molecule has 9 nitrogen and oxygen atoms in total. The van der Waals surface area contributed by atoms with Gasteiger partial charge in [0.25, 0.3) is 5.69 Å². The van der Waals surface area contributed by atoms with E-state index >= 15 is 0 Å². The Labute approximate surface area is 145 Å². The van der Waals surface area contributed by atoms with Crippen LogP contribution in [0.25, 0.3) is 11.0 Å². The van der Waals surface area contributed by atoms with Crippen LogP contribution in [-0.4, -0.2) is 72.4 Å². The number of benzene rings is 1. The molecule has 2 saturated heterocycles. The maximum Gasteiger partial charge on any atom is 0.271 e. The SMILES string of the molecule is C1COCCN1.O=[N+]([O-])c1ccc2[nH]c(CN3CCOCC3)nc2c1. The van der Waals surface area contributed by atoms with E-state index in [0.29, 0.717) is 12.1 Å². The summed E-state index contributed by atoms with van der Waals surface area (Å²) in [6.45, 7) is 7.80. The first-order valence-electron chi connectivity index (χ1n) is 8.44. The number of hydrogen-bond acceptors (Lipinski definition) is 7. The lowest BCUT2D eigenvalue weighted by molar-refractivity contribution is -0.384. The van der Waals surface area contributed by atoms with Crippen LogP contribution >= 0.6 is 0 Å². The molecule has 2 N–H and O–H groups in total. The van der Waals surface area contributed by atoms with Crippen molar-refractivity contribution in [2.45, 2.75) is 6.54 Å². The van der Waals surface area contributed by atoms with Crippen LogP contribution in [0, 0.1) is 10.1 Å². The molecule has 0 aliphatic carbocycles. The number of aromatic amines is 1. The van der Waals surface area contributed by atoms with Crippen LogP contribution in [0.1, 0.15) is 5.82 Å². The largest absolute Gasteiger partial charge is 0.379 e. The predicted octanol–water partition coefficient (Wildman–Crippen LogP) is 0.910. The lowest BCUT2D eigenvalue weighted by Gasteiger charge is -2.25. The number of ether oxygens (including phenoxy) is 2. The Morgan fingerprint density at radius 2 is 1.88 bits per heavy atom. The van der Waals surface area contributed by atoms with Gasteiger partial charge < -0.3 is 19.8 Å². The zero-order chi connectivity index (χ0) is 17.5. The first-order chi connectivity index (χ1) is 12.2. The van der Waals surface area contributed by atoms with Crippen molar-refractivity contribution in [2.24, 2.45) is 0 Å². The van der Waals surface area contributed by atoms with Crippen molar-refractivity contribution in [3.05, 3.63) is 34.1 Å². The molecular weight excluding hydrogens is 326 g/mol. The molecule has 1 aromatic carbocycles. The summed E-state index contributed by atoms with van der Waals surface area (Å²) in [5.41, 5.74) is 1.53. The van der Waals surface area contributed by atoms with E-state index in [1.165, 1.54) is 12.1 Å². The third kappa shape index (κ3) is 5.20. The van der Waals surface area contributed by atoms with Crippen LogP contribution in [0.4, 0.5) is 5.69 Å². The quantitative estimate of drug-likeness (QED) is 0.627. The van der Waals surface area contributed by atoms with Gasteiger partial charge in [-0.2, -0.15) is 0 Å². The summed E-state index contributed by atoms with van der Waals surface area (Å²) in [6.07, 6.45) is 0. The highest BCUT2D eigenvalue weighted by Gasteiger charge is 2.14. The van der Waals surface area contributed by atoms with E-state index in [0.717, 1.165) is 63.9 Å². The summed E-state index contributed by atoms with van der Waals surface area (Å²) < 4.78 is 10.3. The van der Waals surface area contributed by atoms with E-state index in [1.807, 2.05) is 0 Å². The zero-order valence-electron chi connectivity index (χ0n) is 14.1. The molecule has 0 saturated carbocycles. The Morgan fingerprint density at radius 3 is 2.48 bits per heavy atom. The second-order valence-electron chi connectivity index (χ2n) is 5.89. The van der Waals surface area contributed by atoms with Crippen LogP contribution in [0.5, 0.6) is 0 Å². The number of aromatic nitrogens is 2. The summed E-state index contributed by atoms with van der Waals surface area (Å²) in [7, 11) is 0. The third-order valence-electron chi connectivity index (χ3n) is 4.05. The molecule has 136 valence electrons. The molecule has 1 aromatic heterocycles. The summed E-state index contributed by atoms with van der Waals surface area (Å²) >= 11 is 0. The highest BCUT2D eigenvalue weighted by atomic mass is 16.6. The van der Waals surface area contributed by atoms with Gasteiger partial charge in [0.1, 0.15) is 5.82 Å². The van der Waals surface area contributed by atoms with Crippen molar-refractivity contribution in [3.63, 3.8) is 0 Å². The molecule has 25 heavy (non-hydrogen) atoms. The second kappa shape index (κ2) is 8.86. The van der Waals surface area contributed by atoms with Gasteiger partial charge in [0.15, 0.2) is 0 Å². The van der Waals surface area contributed by atoms with Gasteiger partial charge in [-0.15, -0.1) is 0 Å². The summed E-state index contributed by atoms with van der Waals surface area (Å²) in [6, 6.07) is 4.68. The Morgan fingerprint density at radius 1 is 1.16 bits per heavy atom. The maximum atomic E-state index is 10.7. The van der Waals surface area contributed by atoms with Gasteiger partial charge in [0.05, 0.1) is 48.9 Å². The van der Waals surface area contributed by atoms with Crippen LogP contribution in [-0.2, 0) is 16.0 Å². The van der Waals surface area contributed by atoms with Gasteiger partial charge in [-0.25, -0.2) is 4.98 Å². The van der Waals surface area contributed by atoms with E-state index < -0.39 is 4.92 Å². The average Bonchev–Trinajstić information content (AvgIpc) is 3.06.